The maximum atomic E-state index is 15.8. The molecule has 0 amide bonds. The Morgan fingerprint density at radius 3 is 2.70 bits per heavy atom. The summed E-state index contributed by atoms with van der Waals surface area (Å²) in [5.41, 5.74) is -2.58. The molecule has 0 aromatic rings. The second-order valence-corrected chi connectivity index (χ2v) is 9.82. The van der Waals surface area contributed by atoms with Gasteiger partial charge in [-0.25, -0.2) is 4.39 Å². The minimum Gasteiger partial charge on any atom is -0.388 e. The van der Waals surface area contributed by atoms with Crippen LogP contribution in [0.3, 0.4) is 0 Å². The zero-order valence-electron chi connectivity index (χ0n) is 15.7. The number of carbonyl (C=O) groups excluding carboxylic acids is 2. The van der Waals surface area contributed by atoms with Crippen molar-refractivity contribution in [3.63, 3.8) is 0 Å². The lowest BCUT2D eigenvalue weighted by Gasteiger charge is -2.63. The number of allylic oxidation sites excluding steroid dienone is 4. The summed E-state index contributed by atoms with van der Waals surface area (Å²) in [6.07, 6.45) is 5.38. The van der Waals surface area contributed by atoms with Crippen molar-refractivity contribution in [2.24, 2.45) is 22.7 Å². The SMILES string of the molecule is C[C@]12C=CC(=O)C=C1CC[C@H]1[C@@H]3CC[C@](O)(C(=O)CO)[C@@]3(C)C[C@H](F)[C@@]12Cl. The number of carbonyl (C=O) groups is 2. The standard InChI is InChI=1S/C21H26ClFO4/c1-18-7-5-13(25)9-12(18)3-4-15-14-6-8-20(27,17(26)11-24)19(14,2)10-16(23)21(15,18)22/h5,7,9,14-16,24,27H,3-4,6,8,10-11H2,1-2H3/t14-,15-,16-,18-,19-,20-,21-/m0/s1. The van der Waals surface area contributed by atoms with E-state index in [-0.39, 0.29) is 30.5 Å². The highest BCUT2D eigenvalue weighted by Gasteiger charge is 2.73. The average molecular weight is 397 g/mol. The quantitative estimate of drug-likeness (QED) is 0.704. The van der Waals surface area contributed by atoms with Crippen LogP contribution in [0.5, 0.6) is 0 Å². The molecule has 0 bridgehead atoms. The fourth-order valence-electron chi connectivity index (χ4n) is 6.74. The summed E-state index contributed by atoms with van der Waals surface area (Å²) in [6.45, 7) is 2.92. The zero-order valence-corrected chi connectivity index (χ0v) is 16.4. The number of aliphatic hydroxyl groups excluding tert-OH is 1. The highest BCUT2D eigenvalue weighted by molar-refractivity contribution is 6.26. The Hall–Kier alpha value is -1.04. The molecule has 2 N–H and O–H groups in total. The van der Waals surface area contributed by atoms with Crippen molar-refractivity contribution >= 4 is 23.2 Å². The smallest absolute Gasteiger partial charge is 0.190 e. The number of rotatable bonds is 2. The Bertz CT molecular complexity index is 778. The van der Waals surface area contributed by atoms with Crippen molar-refractivity contribution in [3.05, 3.63) is 23.8 Å². The Morgan fingerprint density at radius 1 is 1.33 bits per heavy atom. The molecule has 27 heavy (non-hydrogen) atoms. The topological polar surface area (TPSA) is 74.6 Å². The molecule has 4 aliphatic carbocycles. The third-order valence-electron chi connectivity index (χ3n) is 8.35. The van der Waals surface area contributed by atoms with Crippen LogP contribution in [-0.2, 0) is 9.59 Å². The van der Waals surface area contributed by atoms with Gasteiger partial charge >= 0.3 is 0 Å². The van der Waals surface area contributed by atoms with Crippen LogP contribution >= 0.6 is 11.6 Å². The van der Waals surface area contributed by atoms with Crippen LogP contribution < -0.4 is 0 Å². The lowest BCUT2D eigenvalue weighted by molar-refractivity contribution is -0.168. The Labute approximate surface area is 163 Å². The number of ketones is 2. The number of fused-ring (bicyclic) bond motifs is 5. The van der Waals surface area contributed by atoms with Gasteiger partial charge in [0.25, 0.3) is 0 Å². The lowest BCUT2D eigenvalue weighted by Crippen LogP contribution is -2.67. The molecular formula is C21H26ClFO4. The molecular weight excluding hydrogens is 371 g/mol. The van der Waals surface area contributed by atoms with Crippen molar-refractivity contribution in [1.82, 2.24) is 0 Å². The lowest BCUT2D eigenvalue weighted by atomic mass is 9.46. The molecule has 0 aromatic carbocycles. The third kappa shape index (κ3) is 2.11. The Kier molecular flexibility index (Phi) is 4.10. The minimum absolute atomic E-state index is 0.0371. The van der Waals surface area contributed by atoms with E-state index in [9.17, 15) is 19.8 Å². The largest absolute Gasteiger partial charge is 0.388 e. The number of aliphatic hydroxyl groups is 2. The molecule has 148 valence electrons. The van der Waals surface area contributed by atoms with Gasteiger partial charge in [-0.15, -0.1) is 11.6 Å². The van der Waals surface area contributed by atoms with Gasteiger partial charge in [-0.05, 0) is 56.1 Å². The predicted molar refractivity (Wildman–Crippen MR) is 99.0 cm³/mol. The number of hydrogen-bond donors (Lipinski definition) is 2. The van der Waals surface area contributed by atoms with Gasteiger partial charge in [-0.2, -0.15) is 0 Å². The van der Waals surface area contributed by atoms with Crippen LogP contribution in [0.1, 0.15) is 46.0 Å². The van der Waals surface area contributed by atoms with E-state index in [1.807, 2.05) is 6.92 Å². The molecule has 4 nitrogen and oxygen atoms in total. The molecule has 4 aliphatic rings. The van der Waals surface area contributed by atoms with Crippen molar-refractivity contribution in [1.29, 1.82) is 0 Å². The molecule has 3 saturated carbocycles. The fraction of sp³-hybridized carbons (Fsp3) is 0.714. The van der Waals surface area contributed by atoms with Crippen molar-refractivity contribution in [3.8, 4) is 0 Å². The van der Waals surface area contributed by atoms with Crippen molar-refractivity contribution in [2.45, 2.75) is 62.6 Å². The molecule has 0 spiro atoms. The van der Waals surface area contributed by atoms with E-state index in [2.05, 4.69) is 0 Å². The maximum absolute atomic E-state index is 15.8. The fourth-order valence-corrected chi connectivity index (χ4v) is 7.26. The molecule has 6 heteroatoms. The minimum atomic E-state index is -1.72. The van der Waals surface area contributed by atoms with Crippen LogP contribution in [0.2, 0.25) is 0 Å². The third-order valence-corrected chi connectivity index (χ3v) is 9.26. The zero-order chi connectivity index (χ0) is 19.8. The van der Waals surface area contributed by atoms with Gasteiger partial charge < -0.3 is 10.2 Å². The first-order chi connectivity index (χ1) is 12.5. The first-order valence-electron chi connectivity index (χ1n) is 9.68. The van der Waals surface area contributed by atoms with E-state index in [1.165, 1.54) is 6.08 Å². The monoisotopic (exact) mass is 396 g/mol. The van der Waals surface area contributed by atoms with Crippen molar-refractivity contribution < 1.29 is 24.2 Å². The second kappa shape index (κ2) is 5.74. The highest BCUT2D eigenvalue weighted by Crippen LogP contribution is 2.71. The van der Waals surface area contributed by atoms with E-state index in [0.29, 0.717) is 19.3 Å². The summed E-state index contributed by atoms with van der Waals surface area (Å²) < 4.78 is 15.8. The summed E-state index contributed by atoms with van der Waals surface area (Å²) in [6, 6.07) is 0. The molecule has 0 saturated heterocycles. The van der Waals surface area contributed by atoms with Gasteiger partial charge in [-0.3, -0.25) is 9.59 Å². The molecule has 7 atom stereocenters. The molecule has 3 fully saturated rings. The molecule has 0 radical (unpaired) electrons. The van der Waals surface area contributed by atoms with Gasteiger partial charge in [-0.1, -0.05) is 25.5 Å². The Balaban J connectivity index is 1.81. The van der Waals surface area contributed by atoms with E-state index in [1.54, 1.807) is 19.1 Å². The molecule has 0 aliphatic heterocycles. The number of alkyl halides is 2. The van der Waals surface area contributed by atoms with E-state index >= 15 is 4.39 Å². The summed E-state index contributed by atoms with van der Waals surface area (Å²) in [4.78, 5) is 23.0. The predicted octanol–water partition coefficient (Wildman–Crippen LogP) is 2.90. The molecule has 0 aromatic heterocycles. The van der Waals surface area contributed by atoms with E-state index < -0.39 is 39.9 Å². The van der Waals surface area contributed by atoms with Gasteiger partial charge in [0, 0.05) is 10.8 Å². The van der Waals surface area contributed by atoms with E-state index in [0.717, 1.165) is 5.57 Å². The van der Waals surface area contributed by atoms with E-state index in [4.69, 9.17) is 11.6 Å². The van der Waals surface area contributed by atoms with Crippen molar-refractivity contribution in [2.75, 3.05) is 6.61 Å². The van der Waals surface area contributed by atoms with Gasteiger partial charge in [0.1, 0.15) is 18.4 Å². The first kappa shape index (κ1) is 19.3. The normalized spacial score (nSPS) is 51.3. The van der Waals surface area contributed by atoms with Crippen LogP contribution in [0.25, 0.3) is 0 Å². The molecule has 0 heterocycles. The molecule has 0 unspecified atom stereocenters. The number of halogens is 2. The summed E-state index contributed by atoms with van der Waals surface area (Å²) in [5, 5.41) is 20.5. The summed E-state index contributed by atoms with van der Waals surface area (Å²) in [5.74, 6) is -1.08. The second-order valence-electron chi connectivity index (χ2n) is 9.20. The number of Topliss-reactive ketones (excluding diaryl/α,β-unsaturated/α-hetero) is 1. The molecule has 4 rings (SSSR count). The average Bonchev–Trinajstić information content (AvgIpc) is 2.88. The first-order valence-corrected chi connectivity index (χ1v) is 10.1. The van der Waals surface area contributed by atoms with Crippen LogP contribution in [0.15, 0.2) is 23.8 Å². The summed E-state index contributed by atoms with van der Waals surface area (Å²) >= 11 is 7.13. The van der Waals surface area contributed by atoms with Crippen LogP contribution in [0.4, 0.5) is 4.39 Å². The van der Waals surface area contributed by atoms with Gasteiger partial charge in [0.05, 0.1) is 4.87 Å². The maximum Gasteiger partial charge on any atom is 0.190 e. The van der Waals surface area contributed by atoms with Gasteiger partial charge in [0.15, 0.2) is 11.6 Å². The highest BCUT2D eigenvalue weighted by atomic mass is 35.5. The van der Waals surface area contributed by atoms with Gasteiger partial charge in [0.2, 0.25) is 0 Å². The van der Waals surface area contributed by atoms with Crippen LogP contribution in [0, 0.1) is 22.7 Å². The number of hydrogen-bond acceptors (Lipinski definition) is 4. The summed E-state index contributed by atoms with van der Waals surface area (Å²) in [7, 11) is 0. The van der Waals surface area contributed by atoms with Crippen LogP contribution in [-0.4, -0.2) is 45.0 Å². The Morgan fingerprint density at radius 2 is 2.04 bits per heavy atom.